The SMILES string of the molecule is O=C(CC1(n2cccc2)CCOCC1)Nc1ccc(OC(F)(F)F)cc1. The minimum absolute atomic E-state index is 0.204. The van der Waals surface area contributed by atoms with Crippen LogP contribution in [-0.4, -0.2) is 30.1 Å². The Balaban J connectivity index is 1.65. The van der Waals surface area contributed by atoms with Gasteiger partial charge in [-0.3, -0.25) is 4.79 Å². The van der Waals surface area contributed by atoms with Crippen LogP contribution in [0.15, 0.2) is 48.8 Å². The Morgan fingerprint density at radius 1 is 1.15 bits per heavy atom. The summed E-state index contributed by atoms with van der Waals surface area (Å²) in [6.45, 7) is 1.16. The van der Waals surface area contributed by atoms with Crippen LogP contribution in [0, 0.1) is 0 Å². The molecular formula is C18H19F3N2O3. The van der Waals surface area contributed by atoms with E-state index in [0.29, 0.717) is 31.7 Å². The lowest BCUT2D eigenvalue weighted by Crippen LogP contribution is -2.42. The third-order valence-corrected chi connectivity index (χ3v) is 4.44. The zero-order chi connectivity index (χ0) is 18.6. The van der Waals surface area contributed by atoms with Crippen LogP contribution in [0.1, 0.15) is 19.3 Å². The molecule has 26 heavy (non-hydrogen) atoms. The summed E-state index contributed by atoms with van der Waals surface area (Å²) >= 11 is 0. The summed E-state index contributed by atoms with van der Waals surface area (Å²) in [4.78, 5) is 12.5. The molecule has 8 heteroatoms. The highest BCUT2D eigenvalue weighted by atomic mass is 19.4. The second-order valence-electron chi connectivity index (χ2n) is 6.22. The molecular weight excluding hydrogens is 349 g/mol. The zero-order valence-electron chi connectivity index (χ0n) is 14.0. The molecule has 1 aromatic heterocycles. The van der Waals surface area contributed by atoms with Crippen molar-refractivity contribution in [1.29, 1.82) is 0 Å². The Bertz CT molecular complexity index is 721. The van der Waals surface area contributed by atoms with Crippen LogP contribution >= 0.6 is 0 Å². The highest BCUT2D eigenvalue weighted by Gasteiger charge is 2.36. The van der Waals surface area contributed by atoms with Gasteiger partial charge in [-0.05, 0) is 49.2 Å². The summed E-state index contributed by atoms with van der Waals surface area (Å²) < 4.78 is 47.8. The fourth-order valence-electron chi connectivity index (χ4n) is 3.17. The van der Waals surface area contributed by atoms with Gasteiger partial charge in [-0.15, -0.1) is 13.2 Å². The molecule has 1 aliphatic rings. The molecule has 140 valence electrons. The van der Waals surface area contributed by atoms with Crippen molar-refractivity contribution in [3.05, 3.63) is 48.8 Å². The number of amides is 1. The third-order valence-electron chi connectivity index (χ3n) is 4.44. The summed E-state index contributed by atoms with van der Waals surface area (Å²) in [5.74, 6) is -0.533. The van der Waals surface area contributed by atoms with E-state index in [1.165, 1.54) is 24.3 Å². The van der Waals surface area contributed by atoms with Gasteiger partial charge in [0.2, 0.25) is 5.91 Å². The van der Waals surface area contributed by atoms with Crippen LogP contribution in [0.4, 0.5) is 18.9 Å². The number of nitrogens with one attached hydrogen (secondary N) is 1. The molecule has 2 aromatic rings. The van der Waals surface area contributed by atoms with Crippen molar-refractivity contribution < 1.29 is 27.4 Å². The molecule has 5 nitrogen and oxygen atoms in total. The van der Waals surface area contributed by atoms with Crippen molar-refractivity contribution in [3.63, 3.8) is 0 Å². The highest BCUT2D eigenvalue weighted by Crippen LogP contribution is 2.33. The molecule has 1 amide bonds. The van der Waals surface area contributed by atoms with E-state index in [4.69, 9.17) is 4.74 Å². The number of anilines is 1. The smallest absolute Gasteiger partial charge is 0.406 e. The number of rotatable bonds is 5. The number of ether oxygens (including phenoxy) is 2. The maximum atomic E-state index is 12.5. The molecule has 2 heterocycles. The Hall–Kier alpha value is -2.48. The monoisotopic (exact) mass is 368 g/mol. The van der Waals surface area contributed by atoms with Crippen molar-refractivity contribution >= 4 is 11.6 Å². The van der Waals surface area contributed by atoms with Gasteiger partial charge in [0.15, 0.2) is 0 Å². The molecule has 0 atom stereocenters. The van der Waals surface area contributed by atoms with Crippen LogP contribution in [0.25, 0.3) is 0 Å². The molecule has 1 N–H and O–H groups in total. The van der Waals surface area contributed by atoms with E-state index in [9.17, 15) is 18.0 Å². The lowest BCUT2D eigenvalue weighted by molar-refractivity contribution is -0.274. The van der Waals surface area contributed by atoms with E-state index in [-0.39, 0.29) is 23.6 Å². The quantitative estimate of drug-likeness (QED) is 0.870. The number of benzene rings is 1. The van der Waals surface area contributed by atoms with E-state index in [0.717, 1.165) is 0 Å². The lowest BCUT2D eigenvalue weighted by atomic mass is 9.86. The summed E-state index contributed by atoms with van der Waals surface area (Å²) in [7, 11) is 0. The summed E-state index contributed by atoms with van der Waals surface area (Å²) in [6.07, 6.45) is 0.813. The number of carbonyl (C=O) groups excluding carboxylic acids is 1. The molecule has 0 radical (unpaired) electrons. The van der Waals surface area contributed by atoms with Gasteiger partial charge in [0.25, 0.3) is 0 Å². The first-order valence-corrected chi connectivity index (χ1v) is 8.23. The van der Waals surface area contributed by atoms with Gasteiger partial charge in [-0.1, -0.05) is 0 Å². The van der Waals surface area contributed by atoms with Gasteiger partial charge < -0.3 is 19.4 Å². The average Bonchev–Trinajstić information content (AvgIpc) is 3.11. The highest BCUT2D eigenvalue weighted by molar-refractivity contribution is 5.91. The van der Waals surface area contributed by atoms with Gasteiger partial charge in [-0.25, -0.2) is 0 Å². The van der Waals surface area contributed by atoms with Crippen molar-refractivity contribution in [1.82, 2.24) is 4.57 Å². The van der Waals surface area contributed by atoms with Crippen molar-refractivity contribution in [3.8, 4) is 5.75 Å². The van der Waals surface area contributed by atoms with Crippen LogP contribution in [-0.2, 0) is 15.1 Å². The van der Waals surface area contributed by atoms with Crippen LogP contribution in [0.3, 0.4) is 0 Å². The summed E-state index contributed by atoms with van der Waals surface area (Å²) in [5, 5.41) is 2.74. The topological polar surface area (TPSA) is 52.5 Å². The maximum absolute atomic E-state index is 12.5. The second kappa shape index (κ2) is 7.41. The number of hydrogen-bond donors (Lipinski definition) is 1. The van der Waals surface area contributed by atoms with Crippen LogP contribution in [0.2, 0.25) is 0 Å². The fourth-order valence-corrected chi connectivity index (χ4v) is 3.17. The largest absolute Gasteiger partial charge is 0.573 e. The minimum Gasteiger partial charge on any atom is -0.406 e. The van der Waals surface area contributed by atoms with Gasteiger partial charge in [0.05, 0.1) is 12.0 Å². The number of nitrogens with zero attached hydrogens (tertiary/aromatic N) is 1. The van der Waals surface area contributed by atoms with E-state index >= 15 is 0 Å². The molecule has 1 fully saturated rings. The Kier molecular flexibility index (Phi) is 5.22. The van der Waals surface area contributed by atoms with E-state index in [1.807, 2.05) is 29.1 Å². The first kappa shape index (κ1) is 18.3. The average molecular weight is 368 g/mol. The number of hydrogen-bond acceptors (Lipinski definition) is 3. The number of aromatic nitrogens is 1. The van der Waals surface area contributed by atoms with Crippen molar-refractivity contribution in [2.75, 3.05) is 18.5 Å². The zero-order valence-corrected chi connectivity index (χ0v) is 14.0. The Morgan fingerprint density at radius 2 is 1.77 bits per heavy atom. The molecule has 1 aliphatic heterocycles. The first-order chi connectivity index (χ1) is 12.4. The Labute approximate surface area is 148 Å². The van der Waals surface area contributed by atoms with E-state index < -0.39 is 6.36 Å². The summed E-state index contributed by atoms with van der Waals surface area (Å²) in [6, 6.07) is 8.91. The van der Waals surface area contributed by atoms with E-state index in [2.05, 4.69) is 10.1 Å². The normalized spacial score (nSPS) is 16.9. The summed E-state index contributed by atoms with van der Waals surface area (Å²) in [5.41, 5.74) is 0.0600. The van der Waals surface area contributed by atoms with Crippen molar-refractivity contribution in [2.24, 2.45) is 0 Å². The van der Waals surface area contributed by atoms with Crippen LogP contribution in [0.5, 0.6) is 5.75 Å². The Morgan fingerprint density at radius 3 is 2.35 bits per heavy atom. The van der Waals surface area contributed by atoms with Crippen LogP contribution < -0.4 is 10.1 Å². The predicted octanol–water partition coefficient (Wildman–Crippen LogP) is 3.92. The molecule has 3 rings (SSSR count). The van der Waals surface area contributed by atoms with E-state index in [1.54, 1.807) is 0 Å². The molecule has 0 bridgehead atoms. The molecule has 0 saturated carbocycles. The minimum atomic E-state index is -4.74. The second-order valence-corrected chi connectivity index (χ2v) is 6.22. The van der Waals surface area contributed by atoms with Gasteiger partial charge in [0, 0.05) is 31.3 Å². The molecule has 0 aliphatic carbocycles. The lowest BCUT2D eigenvalue weighted by Gasteiger charge is -2.38. The standard InChI is InChI=1S/C18H19F3N2O3/c19-18(20,21)26-15-5-3-14(4-6-15)22-16(24)13-17(7-11-25-12-8-17)23-9-1-2-10-23/h1-6,9-10H,7-8,11-13H2,(H,22,24). The van der Waals surface area contributed by atoms with Gasteiger partial charge in [0.1, 0.15) is 5.75 Å². The van der Waals surface area contributed by atoms with Gasteiger partial charge in [-0.2, -0.15) is 0 Å². The third kappa shape index (κ3) is 4.57. The first-order valence-electron chi connectivity index (χ1n) is 8.23. The molecule has 0 unspecified atom stereocenters. The van der Waals surface area contributed by atoms with Gasteiger partial charge >= 0.3 is 6.36 Å². The molecule has 1 aromatic carbocycles. The number of carbonyl (C=O) groups is 1. The number of alkyl halides is 3. The fraction of sp³-hybridized carbons (Fsp3) is 0.389. The predicted molar refractivity (Wildman–Crippen MR) is 88.8 cm³/mol. The number of halogens is 3. The maximum Gasteiger partial charge on any atom is 0.573 e. The molecule has 0 spiro atoms. The molecule has 1 saturated heterocycles. The van der Waals surface area contributed by atoms with Crippen molar-refractivity contribution in [2.45, 2.75) is 31.2 Å².